The number of aliphatic carboxylic acids is 1. The fourth-order valence-corrected chi connectivity index (χ4v) is 1.81. The molecule has 1 aromatic rings. The van der Waals surface area contributed by atoms with Gasteiger partial charge in [0.2, 0.25) is 5.91 Å². The molecule has 0 saturated heterocycles. The quantitative estimate of drug-likeness (QED) is 0.797. The average Bonchev–Trinajstić information content (AvgIpc) is 2.34. The zero-order valence-electron chi connectivity index (χ0n) is 10.5. The number of aryl methyl sites for hydroxylation is 1. The van der Waals surface area contributed by atoms with Crippen molar-refractivity contribution in [2.24, 2.45) is 5.73 Å². The summed E-state index contributed by atoms with van der Waals surface area (Å²) in [7, 11) is 1.48. The van der Waals surface area contributed by atoms with Crippen LogP contribution in [0.15, 0.2) is 18.2 Å². The second-order valence-corrected chi connectivity index (χ2v) is 3.98. The molecule has 5 nitrogen and oxygen atoms in total. The summed E-state index contributed by atoms with van der Waals surface area (Å²) in [6.45, 7) is 1.97. The second kappa shape index (κ2) is 6.05. The standard InChI is InChI=1S/C13H17NO4/c1-3-8-4-5-11(18-2)9(6-8)10(13(14)17)7-12(15)16/h4-6,10H,3,7H2,1-2H3,(H2,14,17)(H,15,16). The number of ether oxygens (including phenoxy) is 1. The number of carbonyl (C=O) groups is 2. The lowest BCUT2D eigenvalue weighted by molar-refractivity contribution is -0.139. The van der Waals surface area contributed by atoms with Crippen LogP contribution in [-0.2, 0) is 16.0 Å². The van der Waals surface area contributed by atoms with E-state index in [9.17, 15) is 9.59 Å². The number of hydrogen-bond donors (Lipinski definition) is 2. The van der Waals surface area contributed by atoms with Gasteiger partial charge in [-0.15, -0.1) is 0 Å². The number of methoxy groups -OCH3 is 1. The molecule has 1 rings (SSSR count). The molecule has 0 heterocycles. The number of amides is 1. The van der Waals surface area contributed by atoms with Crippen molar-refractivity contribution >= 4 is 11.9 Å². The van der Waals surface area contributed by atoms with Crippen LogP contribution in [0, 0.1) is 0 Å². The number of carbonyl (C=O) groups excluding carboxylic acids is 1. The summed E-state index contributed by atoms with van der Waals surface area (Å²) in [6.07, 6.45) is 0.453. The van der Waals surface area contributed by atoms with E-state index in [2.05, 4.69) is 0 Å². The molecular formula is C13H17NO4. The maximum Gasteiger partial charge on any atom is 0.304 e. The van der Waals surface area contributed by atoms with Crippen molar-refractivity contribution < 1.29 is 19.4 Å². The fourth-order valence-electron chi connectivity index (χ4n) is 1.81. The van der Waals surface area contributed by atoms with Gasteiger partial charge in [0.05, 0.1) is 19.4 Å². The third kappa shape index (κ3) is 3.23. The van der Waals surface area contributed by atoms with Crippen LogP contribution in [0.4, 0.5) is 0 Å². The lowest BCUT2D eigenvalue weighted by atomic mass is 9.92. The van der Waals surface area contributed by atoms with Gasteiger partial charge in [-0.25, -0.2) is 0 Å². The molecule has 1 amide bonds. The number of carboxylic acid groups (broad SMARTS) is 1. The Morgan fingerprint density at radius 2 is 2.11 bits per heavy atom. The zero-order valence-corrected chi connectivity index (χ0v) is 10.5. The molecule has 0 fully saturated rings. The number of carboxylic acids is 1. The Bertz CT molecular complexity index is 456. The Morgan fingerprint density at radius 1 is 1.44 bits per heavy atom. The van der Waals surface area contributed by atoms with Crippen molar-refractivity contribution in [3.05, 3.63) is 29.3 Å². The summed E-state index contributed by atoms with van der Waals surface area (Å²) in [5, 5.41) is 8.84. The molecule has 3 N–H and O–H groups in total. The number of hydrogen-bond acceptors (Lipinski definition) is 3. The van der Waals surface area contributed by atoms with Gasteiger partial charge in [0.25, 0.3) is 0 Å². The Labute approximate surface area is 106 Å². The van der Waals surface area contributed by atoms with Crippen LogP contribution >= 0.6 is 0 Å². The van der Waals surface area contributed by atoms with Crippen LogP contribution in [0.1, 0.15) is 30.4 Å². The molecule has 1 aromatic carbocycles. The van der Waals surface area contributed by atoms with Crippen LogP contribution < -0.4 is 10.5 Å². The highest BCUT2D eigenvalue weighted by Gasteiger charge is 2.24. The fraction of sp³-hybridized carbons (Fsp3) is 0.385. The summed E-state index contributed by atoms with van der Waals surface area (Å²) >= 11 is 0. The maximum atomic E-state index is 11.4. The van der Waals surface area contributed by atoms with Crippen molar-refractivity contribution in [3.8, 4) is 5.75 Å². The summed E-state index contributed by atoms with van der Waals surface area (Å²) in [6, 6.07) is 5.38. The van der Waals surface area contributed by atoms with Gasteiger partial charge in [-0.3, -0.25) is 9.59 Å². The maximum absolute atomic E-state index is 11.4. The first-order valence-electron chi connectivity index (χ1n) is 5.67. The first-order valence-corrected chi connectivity index (χ1v) is 5.67. The first-order chi connectivity index (χ1) is 8.49. The number of benzene rings is 1. The smallest absolute Gasteiger partial charge is 0.304 e. The molecule has 0 aliphatic rings. The van der Waals surface area contributed by atoms with E-state index in [4.69, 9.17) is 15.6 Å². The molecule has 0 radical (unpaired) electrons. The molecule has 98 valence electrons. The third-order valence-corrected chi connectivity index (χ3v) is 2.80. The Morgan fingerprint density at radius 3 is 2.56 bits per heavy atom. The predicted octanol–water partition coefficient (Wildman–Crippen LogP) is 1.30. The molecule has 5 heteroatoms. The van der Waals surface area contributed by atoms with Crippen molar-refractivity contribution in [2.45, 2.75) is 25.7 Å². The minimum Gasteiger partial charge on any atom is -0.496 e. The highest BCUT2D eigenvalue weighted by atomic mass is 16.5. The van der Waals surface area contributed by atoms with E-state index in [-0.39, 0.29) is 6.42 Å². The summed E-state index contributed by atoms with van der Waals surface area (Å²) in [5.74, 6) is -2.12. The van der Waals surface area contributed by atoms with Crippen LogP contribution in [0.5, 0.6) is 5.75 Å². The molecule has 0 aliphatic heterocycles. The lowest BCUT2D eigenvalue weighted by Gasteiger charge is -2.16. The first kappa shape index (κ1) is 14.0. The monoisotopic (exact) mass is 251 g/mol. The Hall–Kier alpha value is -2.04. The van der Waals surface area contributed by atoms with Gasteiger partial charge in [-0.05, 0) is 18.1 Å². The molecule has 0 spiro atoms. The zero-order chi connectivity index (χ0) is 13.7. The van der Waals surface area contributed by atoms with Gasteiger partial charge < -0.3 is 15.6 Å². The SMILES string of the molecule is CCc1ccc(OC)c(C(CC(=O)O)C(N)=O)c1. The summed E-state index contributed by atoms with van der Waals surface area (Å²) < 4.78 is 5.16. The van der Waals surface area contributed by atoms with E-state index in [1.54, 1.807) is 12.1 Å². The van der Waals surface area contributed by atoms with Gasteiger partial charge in [0.1, 0.15) is 5.75 Å². The van der Waals surface area contributed by atoms with Crippen molar-refractivity contribution in [1.29, 1.82) is 0 Å². The topological polar surface area (TPSA) is 89.6 Å². The molecule has 0 aromatic heterocycles. The minimum absolute atomic E-state index is 0.334. The van der Waals surface area contributed by atoms with Crippen molar-refractivity contribution in [2.75, 3.05) is 7.11 Å². The number of primary amides is 1. The Kier molecular flexibility index (Phi) is 4.71. The van der Waals surface area contributed by atoms with Gasteiger partial charge >= 0.3 is 5.97 Å². The molecule has 1 atom stereocenters. The van der Waals surface area contributed by atoms with Crippen molar-refractivity contribution in [3.63, 3.8) is 0 Å². The van der Waals surface area contributed by atoms with E-state index in [1.165, 1.54) is 7.11 Å². The predicted molar refractivity (Wildman–Crippen MR) is 66.6 cm³/mol. The van der Waals surface area contributed by atoms with E-state index in [0.29, 0.717) is 11.3 Å². The third-order valence-electron chi connectivity index (χ3n) is 2.80. The molecule has 0 bridgehead atoms. The van der Waals surface area contributed by atoms with Gasteiger partial charge in [0.15, 0.2) is 0 Å². The van der Waals surface area contributed by atoms with E-state index in [0.717, 1.165) is 12.0 Å². The van der Waals surface area contributed by atoms with Crippen LogP contribution in [0.3, 0.4) is 0 Å². The van der Waals surface area contributed by atoms with Crippen LogP contribution in [0.25, 0.3) is 0 Å². The Balaban J connectivity index is 3.23. The van der Waals surface area contributed by atoms with E-state index >= 15 is 0 Å². The van der Waals surface area contributed by atoms with Gasteiger partial charge in [-0.1, -0.05) is 19.1 Å². The second-order valence-electron chi connectivity index (χ2n) is 3.98. The summed E-state index contributed by atoms with van der Waals surface area (Å²) in [4.78, 5) is 22.2. The minimum atomic E-state index is -1.07. The largest absolute Gasteiger partial charge is 0.496 e. The number of nitrogens with two attached hydrogens (primary N) is 1. The molecule has 0 aliphatic carbocycles. The normalized spacial score (nSPS) is 11.9. The molecule has 0 saturated carbocycles. The molecule has 1 unspecified atom stereocenters. The number of rotatable bonds is 6. The van der Waals surface area contributed by atoms with Crippen molar-refractivity contribution in [1.82, 2.24) is 0 Å². The molecule has 18 heavy (non-hydrogen) atoms. The van der Waals surface area contributed by atoms with E-state index in [1.807, 2.05) is 13.0 Å². The summed E-state index contributed by atoms with van der Waals surface area (Å²) in [5.41, 5.74) is 6.81. The van der Waals surface area contributed by atoms with Crippen LogP contribution in [0.2, 0.25) is 0 Å². The highest BCUT2D eigenvalue weighted by Crippen LogP contribution is 2.30. The van der Waals surface area contributed by atoms with Gasteiger partial charge in [-0.2, -0.15) is 0 Å². The van der Waals surface area contributed by atoms with E-state index < -0.39 is 17.8 Å². The molecular weight excluding hydrogens is 234 g/mol. The average molecular weight is 251 g/mol. The van der Waals surface area contributed by atoms with Gasteiger partial charge in [0, 0.05) is 5.56 Å². The lowest BCUT2D eigenvalue weighted by Crippen LogP contribution is -2.24. The highest BCUT2D eigenvalue weighted by molar-refractivity contribution is 5.87. The van der Waals surface area contributed by atoms with Crippen LogP contribution in [-0.4, -0.2) is 24.1 Å².